The van der Waals surface area contributed by atoms with Crippen LogP contribution in [0.5, 0.6) is 0 Å². The SMILES string of the molecule is O=C1CCN(c2cc(Cl)c(Cl)cc2Cl)C1=O. The van der Waals surface area contributed by atoms with Crippen LogP contribution in [0.1, 0.15) is 6.42 Å². The maximum atomic E-state index is 11.5. The van der Waals surface area contributed by atoms with Crippen LogP contribution in [0.15, 0.2) is 12.1 Å². The molecule has 1 aliphatic heterocycles. The Morgan fingerprint density at radius 1 is 1.00 bits per heavy atom. The van der Waals surface area contributed by atoms with Crippen LogP contribution in [0.3, 0.4) is 0 Å². The van der Waals surface area contributed by atoms with Gasteiger partial charge in [0.25, 0.3) is 5.91 Å². The van der Waals surface area contributed by atoms with Gasteiger partial charge in [-0.25, -0.2) is 0 Å². The van der Waals surface area contributed by atoms with Crippen LogP contribution in [0.2, 0.25) is 15.1 Å². The number of carbonyl (C=O) groups is 2. The van der Waals surface area contributed by atoms with Crippen LogP contribution >= 0.6 is 34.8 Å². The minimum atomic E-state index is -0.555. The van der Waals surface area contributed by atoms with Gasteiger partial charge in [-0.15, -0.1) is 0 Å². The van der Waals surface area contributed by atoms with Crippen molar-refractivity contribution < 1.29 is 9.59 Å². The maximum absolute atomic E-state index is 11.5. The normalized spacial score (nSPS) is 16.1. The minimum Gasteiger partial charge on any atom is -0.304 e. The van der Waals surface area contributed by atoms with E-state index in [2.05, 4.69) is 0 Å². The molecule has 0 aliphatic carbocycles. The van der Waals surface area contributed by atoms with Crippen LogP contribution in [-0.4, -0.2) is 18.2 Å². The highest BCUT2D eigenvalue weighted by molar-refractivity contribution is 6.47. The summed E-state index contributed by atoms with van der Waals surface area (Å²) in [5.74, 6) is -0.970. The molecule has 1 aromatic rings. The number of carbonyl (C=O) groups excluding carboxylic acids is 2. The molecular weight excluding hydrogens is 272 g/mol. The molecule has 1 heterocycles. The zero-order valence-corrected chi connectivity index (χ0v) is 10.2. The summed E-state index contributed by atoms with van der Waals surface area (Å²) in [6, 6.07) is 2.94. The van der Waals surface area contributed by atoms with Gasteiger partial charge in [-0.3, -0.25) is 9.59 Å². The first-order chi connectivity index (χ1) is 7.50. The molecule has 1 aliphatic rings. The van der Waals surface area contributed by atoms with Gasteiger partial charge in [-0.1, -0.05) is 34.8 Å². The molecule has 1 aromatic carbocycles. The molecule has 0 N–H and O–H groups in total. The average molecular weight is 279 g/mol. The van der Waals surface area contributed by atoms with Gasteiger partial charge in [0, 0.05) is 13.0 Å². The standard InChI is InChI=1S/C10H6Cl3NO2/c11-5-3-7(13)8(4-6(5)12)14-2-1-9(15)10(14)16/h3-4H,1-2H2. The molecule has 0 atom stereocenters. The van der Waals surface area contributed by atoms with Gasteiger partial charge in [0.1, 0.15) is 0 Å². The Bertz CT molecular complexity index is 487. The van der Waals surface area contributed by atoms with E-state index in [-0.39, 0.29) is 6.42 Å². The van der Waals surface area contributed by atoms with Crippen LogP contribution in [-0.2, 0) is 9.59 Å². The van der Waals surface area contributed by atoms with Crippen molar-refractivity contribution in [1.29, 1.82) is 0 Å². The van der Waals surface area contributed by atoms with E-state index in [0.717, 1.165) is 0 Å². The first-order valence-corrected chi connectivity index (χ1v) is 5.63. The fraction of sp³-hybridized carbons (Fsp3) is 0.200. The summed E-state index contributed by atoms with van der Waals surface area (Å²) in [4.78, 5) is 23.9. The first-order valence-electron chi connectivity index (χ1n) is 4.50. The van der Waals surface area contributed by atoms with Gasteiger partial charge in [0.15, 0.2) is 0 Å². The van der Waals surface area contributed by atoms with E-state index in [1.165, 1.54) is 17.0 Å². The summed E-state index contributed by atoms with van der Waals surface area (Å²) in [7, 11) is 0. The van der Waals surface area contributed by atoms with Gasteiger partial charge in [0.2, 0.25) is 5.78 Å². The molecule has 16 heavy (non-hydrogen) atoms. The van der Waals surface area contributed by atoms with Crippen molar-refractivity contribution in [3.8, 4) is 0 Å². The number of nitrogens with zero attached hydrogens (tertiary/aromatic N) is 1. The molecule has 0 radical (unpaired) electrons. The van der Waals surface area contributed by atoms with E-state index in [9.17, 15) is 9.59 Å². The number of Topliss-reactive ketones (excluding diaryl/α,β-unsaturated/α-hetero) is 1. The van der Waals surface area contributed by atoms with E-state index in [1.807, 2.05) is 0 Å². The third-order valence-electron chi connectivity index (χ3n) is 2.33. The highest BCUT2D eigenvalue weighted by Gasteiger charge is 2.31. The Hall–Kier alpha value is -0.770. The van der Waals surface area contributed by atoms with Gasteiger partial charge >= 0.3 is 0 Å². The van der Waals surface area contributed by atoms with Crippen LogP contribution < -0.4 is 4.90 Å². The quantitative estimate of drug-likeness (QED) is 0.585. The van der Waals surface area contributed by atoms with Gasteiger partial charge in [-0.05, 0) is 12.1 Å². The second-order valence-electron chi connectivity index (χ2n) is 3.35. The van der Waals surface area contributed by atoms with Crippen molar-refractivity contribution in [2.24, 2.45) is 0 Å². The second-order valence-corrected chi connectivity index (χ2v) is 4.57. The van der Waals surface area contributed by atoms with E-state index >= 15 is 0 Å². The average Bonchev–Trinajstić information content (AvgIpc) is 2.54. The first kappa shape index (κ1) is 11.7. The fourth-order valence-electron chi connectivity index (χ4n) is 1.52. The zero-order valence-electron chi connectivity index (χ0n) is 7.97. The Labute approximate surface area is 107 Å². The topological polar surface area (TPSA) is 37.4 Å². The number of anilines is 1. The Balaban J connectivity index is 2.45. The van der Waals surface area contributed by atoms with Crippen molar-refractivity contribution in [2.45, 2.75) is 6.42 Å². The van der Waals surface area contributed by atoms with Crippen molar-refractivity contribution in [3.05, 3.63) is 27.2 Å². The Kier molecular flexibility index (Phi) is 3.10. The molecule has 0 unspecified atom stereocenters. The molecular formula is C10H6Cl3NO2. The van der Waals surface area contributed by atoms with E-state index in [0.29, 0.717) is 27.3 Å². The summed E-state index contributed by atoms with van der Waals surface area (Å²) in [6.07, 6.45) is 0.204. The summed E-state index contributed by atoms with van der Waals surface area (Å²) >= 11 is 17.6. The molecule has 1 saturated heterocycles. The highest BCUT2D eigenvalue weighted by Crippen LogP contribution is 2.35. The molecule has 0 saturated carbocycles. The van der Waals surface area contributed by atoms with Crippen molar-refractivity contribution >= 4 is 52.2 Å². The van der Waals surface area contributed by atoms with Gasteiger partial charge in [-0.2, -0.15) is 0 Å². The molecule has 0 spiro atoms. The largest absolute Gasteiger partial charge is 0.304 e. The third-order valence-corrected chi connectivity index (χ3v) is 3.35. The van der Waals surface area contributed by atoms with E-state index in [4.69, 9.17) is 34.8 Å². The van der Waals surface area contributed by atoms with Gasteiger partial charge in [0.05, 0.1) is 20.8 Å². The van der Waals surface area contributed by atoms with Crippen LogP contribution in [0.4, 0.5) is 5.69 Å². The zero-order chi connectivity index (χ0) is 11.9. The lowest BCUT2D eigenvalue weighted by Gasteiger charge is -2.16. The number of hydrogen-bond donors (Lipinski definition) is 0. The number of halogens is 3. The van der Waals surface area contributed by atoms with Crippen molar-refractivity contribution in [1.82, 2.24) is 0 Å². The lowest BCUT2D eigenvalue weighted by Crippen LogP contribution is -2.27. The third kappa shape index (κ3) is 1.90. The molecule has 3 nitrogen and oxygen atoms in total. The number of ketones is 1. The predicted octanol–water partition coefficient (Wildman–Crippen LogP) is 2.95. The van der Waals surface area contributed by atoms with Crippen LogP contribution in [0, 0.1) is 0 Å². The summed E-state index contributed by atoms with van der Waals surface area (Å²) in [6.45, 7) is 0.329. The molecule has 0 aromatic heterocycles. The monoisotopic (exact) mass is 277 g/mol. The second kappa shape index (κ2) is 4.24. The Morgan fingerprint density at radius 2 is 1.62 bits per heavy atom. The molecule has 1 amide bonds. The number of amides is 1. The number of benzene rings is 1. The summed E-state index contributed by atoms with van der Waals surface area (Å²) < 4.78 is 0. The summed E-state index contributed by atoms with van der Waals surface area (Å²) in [5, 5.41) is 0.916. The molecule has 1 fully saturated rings. The molecule has 84 valence electrons. The predicted molar refractivity (Wildman–Crippen MR) is 63.4 cm³/mol. The fourth-order valence-corrected chi connectivity index (χ4v) is 2.16. The van der Waals surface area contributed by atoms with E-state index < -0.39 is 11.7 Å². The van der Waals surface area contributed by atoms with Crippen molar-refractivity contribution in [3.63, 3.8) is 0 Å². The van der Waals surface area contributed by atoms with E-state index in [1.54, 1.807) is 0 Å². The highest BCUT2D eigenvalue weighted by atomic mass is 35.5. The number of hydrogen-bond acceptors (Lipinski definition) is 2. The van der Waals surface area contributed by atoms with Crippen LogP contribution in [0.25, 0.3) is 0 Å². The van der Waals surface area contributed by atoms with Crippen molar-refractivity contribution in [2.75, 3.05) is 11.4 Å². The molecule has 2 rings (SSSR count). The smallest absolute Gasteiger partial charge is 0.294 e. The summed E-state index contributed by atoms with van der Waals surface area (Å²) in [5.41, 5.74) is 0.423. The lowest BCUT2D eigenvalue weighted by atomic mass is 10.3. The lowest BCUT2D eigenvalue weighted by molar-refractivity contribution is -0.133. The number of rotatable bonds is 1. The molecule has 6 heteroatoms. The van der Waals surface area contributed by atoms with Gasteiger partial charge < -0.3 is 4.90 Å². The maximum Gasteiger partial charge on any atom is 0.294 e. The Morgan fingerprint density at radius 3 is 2.19 bits per heavy atom. The minimum absolute atomic E-state index is 0.204. The molecule has 0 bridgehead atoms.